The summed E-state index contributed by atoms with van der Waals surface area (Å²) < 4.78 is 0. The molecule has 4 unspecified atom stereocenters. The molecule has 0 aliphatic heterocycles. The number of nitrogens with one attached hydrogen (secondary N) is 1. The van der Waals surface area contributed by atoms with Crippen LogP contribution in [0.1, 0.15) is 63.2 Å². The summed E-state index contributed by atoms with van der Waals surface area (Å²) in [6, 6.07) is 19.5. The second-order valence-electron chi connectivity index (χ2n) is 7.10. The number of hydrogen-bond acceptors (Lipinski definition) is 2. The number of rotatable bonds is 9. The van der Waals surface area contributed by atoms with Crippen molar-refractivity contribution in [3.05, 3.63) is 71.8 Å². The van der Waals surface area contributed by atoms with Crippen molar-refractivity contribution in [3.8, 4) is 0 Å². The molecular formula is C23H31NO2. The van der Waals surface area contributed by atoms with Crippen molar-refractivity contribution >= 4 is 5.91 Å². The monoisotopic (exact) mass is 353 g/mol. The zero-order valence-corrected chi connectivity index (χ0v) is 16.1. The molecule has 140 valence electrons. The lowest BCUT2D eigenvalue weighted by molar-refractivity contribution is -0.123. The molecule has 4 atom stereocenters. The Morgan fingerprint density at radius 3 is 2.04 bits per heavy atom. The Balaban J connectivity index is 2.09. The van der Waals surface area contributed by atoms with Gasteiger partial charge in [-0.2, -0.15) is 0 Å². The van der Waals surface area contributed by atoms with Crippen LogP contribution in [-0.2, 0) is 4.79 Å². The molecule has 2 N–H and O–H groups in total. The van der Waals surface area contributed by atoms with Crippen LogP contribution in [-0.4, -0.2) is 17.1 Å². The van der Waals surface area contributed by atoms with Crippen molar-refractivity contribution in [1.82, 2.24) is 5.32 Å². The Kier molecular flexibility index (Phi) is 7.86. The fraction of sp³-hybridized carbons (Fsp3) is 0.435. The SMILES string of the molecule is CCCCC(NC(=O)C(C)c1ccccc1)C(C)C(O)c1ccccc1. The molecule has 0 spiro atoms. The van der Waals surface area contributed by atoms with E-state index >= 15 is 0 Å². The van der Waals surface area contributed by atoms with E-state index in [0.717, 1.165) is 30.4 Å². The average Bonchev–Trinajstić information content (AvgIpc) is 2.70. The van der Waals surface area contributed by atoms with E-state index in [9.17, 15) is 9.90 Å². The summed E-state index contributed by atoms with van der Waals surface area (Å²) in [6.07, 6.45) is 2.37. The minimum Gasteiger partial charge on any atom is -0.388 e. The second kappa shape index (κ2) is 10.1. The van der Waals surface area contributed by atoms with Crippen LogP contribution in [0.3, 0.4) is 0 Å². The molecule has 2 aromatic carbocycles. The largest absolute Gasteiger partial charge is 0.388 e. The highest BCUT2D eigenvalue weighted by Crippen LogP contribution is 2.27. The standard InChI is InChI=1S/C23H31NO2/c1-4-5-16-21(18(3)22(25)20-14-10-7-11-15-20)24-23(26)17(2)19-12-8-6-9-13-19/h6-15,17-18,21-22,25H,4-5,16H2,1-3H3,(H,24,26). The van der Waals surface area contributed by atoms with Gasteiger partial charge in [0.05, 0.1) is 12.0 Å². The summed E-state index contributed by atoms with van der Waals surface area (Å²) in [6.45, 7) is 6.09. The molecule has 0 saturated heterocycles. The lowest BCUT2D eigenvalue weighted by Gasteiger charge is -2.30. The van der Waals surface area contributed by atoms with Gasteiger partial charge >= 0.3 is 0 Å². The first-order valence-corrected chi connectivity index (χ1v) is 9.63. The predicted octanol–water partition coefficient (Wildman–Crippen LogP) is 4.83. The average molecular weight is 354 g/mol. The Bertz CT molecular complexity index is 656. The smallest absolute Gasteiger partial charge is 0.227 e. The molecule has 2 aromatic rings. The maximum absolute atomic E-state index is 12.8. The summed E-state index contributed by atoms with van der Waals surface area (Å²) in [7, 11) is 0. The van der Waals surface area contributed by atoms with Gasteiger partial charge in [-0.1, -0.05) is 87.4 Å². The number of aliphatic hydroxyl groups excluding tert-OH is 1. The fourth-order valence-electron chi connectivity index (χ4n) is 3.27. The predicted molar refractivity (Wildman–Crippen MR) is 107 cm³/mol. The number of unbranched alkanes of at least 4 members (excludes halogenated alkanes) is 1. The number of carbonyl (C=O) groups is 1. The minimum absolute atomic E-state index is 0.0180. The van der Waals surface area contributed by atoms with Crippen molar-refractivity contribution in [3.63, 3.8) is 0 Å². The van der Waals surface area contributed by atoms with Gasteiger partial charge in [0.25, 0.3) is 0 Å². The van der Waals surface area contributed by atoms with Crippen LogP contribution in [0.5, 0.6) is 0 Å². The first kappa shape index (κ1) is 20.2. The Labute approximate surface area is 157 Å². The van der Waals surface area contributed by atoms with Gasteiger partial charge in [-0.05, 0) is 24.5 Å². The molecule has 26 heavy (non-hydrogen) atoms. The van der Waals surface area contributed by atoms with Gasteiger partial charge in [0.15, 0.2) is 0 Å². The lowest BCUT2D eigenvalue weighted by atomic mass is 9.87. The summed E-state index contributed by atoms with van der Waals surface area (Å²) in [5.74, 6) is -0.248. The minimum atomic E-state index is -0.592. The molecule has 3 heteroatoms. The van der Waals surface area contributed by atoms with Crippen molar-refractivity contribution in [2.75, 3.05) is 0 Å². The summed E-state index contributed by atoms with van der Waals surface area (Å²) in [5.41, 5.74) is 1.90. The van der Waals surface area contributed by atoms with E-state index < -0.39 is 6.10 Å². The number of aliphatic hydroxyl groups is 1. The van der Waals surface area contributed by atoms with E-state index in [-0.39, 0.29) is 23.8 Å². The fourth-order valence-corrected chi connectivity index (χ4v) is 3.27. The molecule has 0 bridgehead atoms. The zero-order chi connectivity index (χ0) is 18.9. The first-order valence-electron chi connectivity index (χ1n) is 9.63. The maximum atomic E-state index is 12.8. The van der Waals surface area contributed by atoms with Gasteiger partial charge in [0, 0.05) is 12.0 Å². The van der Waals surface area contributed by atoms with Crippen LogP contribution in [0.2, 0.25) is 0 Å². The number of benzene rings is 2. The third-order valence-electron chi connectivity index (χ3n) is 5.16. The quantitative estimate of drug-likeness (QED) is 0.678. The van der Waals surface area contributed by atoms with Gasteiger partial charge in [0.2, 0.25) is 5.91 Å². The molecule has 2 rings (SSSR count). The summed E-state index contributed by atoms with van der Waals surface area (Å²) >= 11 is 0. The molecule has 0 saturated carbocycles. The third kappa shape index (κ3) is 5.43. The molecule has 0 heterocycles. The van der Waals surface area contributed by atoms with Crippen LogP contribution in [0.4, 0.5) is 0 Å². The maximum Gasteiger partial charge on any atom is 0.227 e. The molecule has 0 aliphatic carbocycles. The van der Waals surface area contributed by atoms with Crippen molar-refractivity contribution in [1.29, 1.82) is 0 Å². The van der Waals surface area contributed by atoms with Gasteiger partial charge < -0.3 is 10.4 Å². The number of hydrogen-bond donors (Lipinski definition) is 2. The lowest BCUT2D eigenvalue weighted by Crippen LogP contribution is -2.43. The molecule has 0 aromatic heterocycles. The van der Waals surface area contributed by atoms with Gasteiger partial charge in [-0.15, -0.1) is 0 Å². The van der Waals surface area contributed by atoms with Crippen molar-refractivity contribution < 1.29 is 9.90 Å². The van der Waals surface area contributed by atoms with Crippen LogP contribution in [0.15, 0.2) is 60.7 Å². The van der Waals surface area contributed by atoms with E-state index in [1.54, 1.807) is 0 Å². The highest BCUT2D eigenvalue weighted by Gasteiger charge is 2.28. The van der Waals surface area contributed by atoms with E-state index in [1.165, 1.54) is 0 Å². The summed E-state index contributed by atoms with van der Waals surface area (Å²) in [5, 5.41) is 14.0. The van der Waals surface area contributed by atoms with Gasteiger partial charge in [-0.25, -0.2) is 0 Å². The van der Waals surface area contributed by atoms with E-state index in [4.69, 9.17) is 0 Å². The van der Waals surface area contributed by atoms with E-state index in [0.29, 0.717) is 0 Å². The molecule has 3 nitrogen and oxygen atoms in total. The highest BCUT2D eigenvalue weighted by molar-refractivity contribution is 5.83. The summed E-state index contributed by atoms with van der Waals surface area (Å²) in [4.78, 5) is 12.8. The van der Waals surface area contributed by atoms with Gasteiger partial charge in [0.1, 0.15) is 0 Å². The van der Waals surface area contributed by atoms with Crippen LogP contribution < -0.4 is 5.32 Å². The Morgan fingerprint density at radius 2 is 1.50 bits per heavy atom. The van der Waals surface area contributed by atoms with Gasteiger partial charge in [-0.3, -0.25) is 4.79 Å². The van der Waals surface area contributed by atoms with E-state index in [2.05, 4.69) is 12.2 Å². The molecule has 1 amide bonds. The van der Waals surface area contributed by atoms with E-state index in [1.807, 2.05) is 74.5 Å². The molecule has 0 fully saturated rings. The second-order valence-corrected chi connectivity index (χ2v) is 7.10. The van der Waals surface area contributed by atoms with Crippen LogP contribution >= 0.6 is 0 Å². The van der Waals surface area contributed by atoms with Crippen molar-refractivity contribution in [2.45, 2.75) is 58.1 Å². The number of amides is 1. The topological polar surface area (TPSA) is 49.3 Å². The number of carbonyl (C=O) groups excluding carboxylic acids is 1. The molecular weight excluding hydrogens is 322 g/mol. The molecule has 0 radical (unpaired) electrons. The Morgan fingerprint density at radius 1 is 0.962 bits per heavy atom. The van der Waals surface area contributed by atoms with Crippen LogP contribution in [0, 0.1) is 5.92 Å². The first-order chi connectivity index (χ1) is 12.5. The Hall–Kier alpha value is -2.13. The van der Waals surface area contributed by atoms with Crippen molar-refractivity contribution in [2.24, 2.45) is 5.92 Å². The third-order valence-corrected chi connectivity index (χ3v) is 5.16. The highest BCUT2D eigenvalue weighted by atomic mass is 16.3. The normalized spacial score (nSPS) is 15.7. The van der Waals surface area contributed by atoms with Crippen LogP contribution in [0.25, 0.3) is 0 Å². The molecule has 0 aliphatic rings. The zero-order valence-electron chi connectivity index (χ0n) is 16.1.